The van der Waals surface area contributed by atoms with Gasteiger partial charge in [-0.2, -0.15) is 0 Å². The molecule has 72 valence electrons. The highest BCUT2D eigenvalue weighted by Gasteiger charge is 2.23. The molecule has 0 radical (unpaired) electrons. The summed E-state index contributed by atoms with van der Waals surface area (Å²) in [5.74, 6) is 0. The molecule has 0 bridgehead atoms. The molecule has 1 heteroatoms. The van der Waals surface area contributed by atoms with Gasteiger partial charge < -0.3 is 5.73 Å². The lowest BCUT2D eigenvalue weighted by Crippen LogP contribution is -2.38. The van der Waals surface area contributed by atoms with Gasteiger partial charge in [-0.25, -0.2) is 0 Å². The molecule has 12 heavy (non-hydrogen) atoms. The third-order valence-corrected chi connectivity index (χ3v) is 1.53. The van der Waals surface area contributed by atoms with Crippen LogP contribution < -0.4 is 5.73 Å². The predicted octanol–water partition coefficient (Wildman–Crippen LogP) is 3.11. The number of allylic oxidation sites excluding steroid dienone is 1. The van der Waals surface area contributed by atoms with Gasteiger partial charge in [0.2, 0.25) is 0 Å². The van der Waals surface area contributed by atoms with Crippen LogP contribution in [0.3, 0.4) is 0 Å². The Bertz CT molecular complexity index is 166. The van der Waals surface area contributed by atoms with E-state index in [0.29, 0.717) is 5.41 Å². The van der Waals surface area contributed by atoms with Gasteiger partial charge in [0.25, 0.3) is 0 Å². The maximum absolute atomic E-state index is 6.13. The summed E-state index contributed by atoms with van der Waals surface area (Å²) in [6.45, 7) is 12.9. The molecular weight excluding hydrogens is 146 g/mol. The average molecular weight is 169 g/mol. The number of hydrogen-bond donors (Lipinski definition) is 1. The van der Waals surface area contributed by atoms with E-state index < -0.39 is 0 Å². The molecule has 1 nitrogen and oxygen atoms in total. The highest BCUT2D eigenvalue weighted by Crippen LogP contribution is 2.26. The molecule has 0 aliphatic rings. The van der Waals surface area contributed by atoms with E-state index in [-0.39, 0.29) is 5.54 Å². The summed E-state index contributed by atoms with van der Waals surface area (Å²) in [6, 6.07) is 0. The van der Waals surface area contributed by atoms with E-state index in [1.165, 1.54) is 5.57 Å². The van der Waals surface area contributed by atoms with Crippen LogP contribution >= 0.6 is 0 Å². The first-order valence-corrected chi connectivity index (χ1v) is 4.57. The van der Waals surface area contributed by atoms with Crippen molar-refractivity contribution < 1.29 is 0 Å². The second kappa shape index (κ2) is 3.61. The van der Waals surface area contributed by atoms with Gasteiger partial charge >= 0.3 is 0 Å². The minimum Gasteiger partial charge on any atom is -0.322 e. The van der Waals surface area contributed by atoms with Gasteiger partial charge in [0, 0.05) is 5.54 Å². The molecule has 1 unspecified atom stereocenters. The molecule has 0 heterocycles. The van der Waals surface area contributed by atoms with Crippen LogP contribution in [0.2, 0.25) is 0 Å². The van der Waals surface area contributed by atoms with Gasteiger partial charge in [-0.05, 0) is 32.6 Å². The zero-order valence-electron chi connectivity index (χ0n) is 9.36. The van der Waals surface area contributed by atoms with Crippen LogP contribution in [0, 0.1) is 5.41 Å². The molecular formula is C11H23N. The Kier molecular flexibility index (Phi) is 3.52. The van der Waals surface area contributed by atoms with Gasteiger partial charge in [0.15, 0.2) is 0 Å². The lowest BCUT2D eigenvalue weighted by molar-refractivity contribution is 0.307. The van der Waals surface area contributed by atoms with Crippen LogP contribution in [-0.4, -0.2) is 5.54 Å². The molecule has 0 spiro atoms. The van der Waals surface area contributed by atoms with Crippen molar-refractivity contribution in [3.05, 3.63) is 11.6 Å². The van der Waals surface area contributed by atoms with Crippen molar-refractivity contribution in [2.45, 2.75) is 53.5 Å². The Hall–Kier alpha value is -0.300. The Morgan fingerprint density at radius 2 is 1.58 bits per heavy atom. The molecule has 0 saturated carbocycles. The number of hydrogen-bond acceptors (Lipinski definition) is 1. The standard InChI is InChI=1S/C11H23N/c1-9(2)7-11(6,12)8-10(3,4)5/h7H,8,12H2,1-6H3. The topological polar surface area (TPSA) is 26.0 Å². The normalized spacial score (nSPS) is 16.9. The van der Waals surface area contributed by atoms with Crippen LogP contribution in [0.25, 0.3) is 0 Å². The molecule has 0 aliphatic heterocycles. The first-order chi connectivity index (χ1) is 5.12. The Labute approximate surface area is 77.0 Å². The van der Waals surface area contributed by atoms with Gasteiger partial charge in [-0.15, -0.1) is 0 Å². The van der Waals surface area contributed by atoms with Crippen LogP contribution in [0.1, 0.15) is 48.0 Å². The van der Waals surface area contributed by atoms with E-state index >= 15 is 0 Å². The highest BCUT2D eigenvalue weighted by atomic mass is 14.7. The van der Waals surface area contributed by atoms with E-state index in [2.05, 4.69) is 47.6 Å². The maximum Gasteiger partial charge on any atom is 0.0317 e. The highest BCUT2D eigenvalue weighted by molar-refractivity contribution is 5.08. The van der Waals surface area contributed by atoms with Crippen molar-refractivity contribution >= 4 is 0 Å². The lowest BCUT2D eigenvalue weighted by atomic mass is 9.80. The monoisotopic (exact) mass is 169 g/mol. The molecule has 0 rings (SSSR count). The lowest BCUT2D eigenvalue weighted by Gasteiger charge is -2.30. The van der Waals surface area contributed by atoms with E-state index in [1.807, 2.05) is 0 Å². The third-order valence-electron chi connectivity index (χ3n) is 1.53. The van der Waals surface area contributed by atoms with Crippen molar-refractivity contribution in [2.75, 3.05) is 0 Å². The SMILES string of the molecule is CC(C)=CC(C)(N)CC(C)(C)C. The zero-order chi connectivity index (χ0) is 9.99. The third kappa shape index (κ3) is 6.41. The maximum atomic E-state index is 6.13. The van der Waals surface area contributed by atoms with Gasteiger partial charge in [0.05, 0.1) is 0 Å². The Morgan fingerprint density at radius 1 is 1.17 bits per heavy atom. The predicted molar refractivity (Wildman–Crippen MR) is 56.1 cm³/mol. The fourth-order valence-corrected chi connectivity index (χ4v) is 1.85. The van der Waals surface area contributed by atoms with Gasteiger partial charge in [-0.1, -0.05) is 32.4 Å². The first-order valence-electron chi connectivity index (χ1n) is 4.57. The summed E-state index contributed by atoms with van der Waals surface area (Å²) >= 11 is 0. The molecule has 0 aromatic heterocycles. The van der Waals surface area contributed by atoms with Crippen LogP contribution in [0.4, 0.5) is 0 Å². The molecule has 0 aromatic rings. The van der Waals surface area contributed by atoms with Gasteiger partial charge in [-0.3, -0.25) is 0 Å². The quantitative estimate of drug-likeness (QED) is 0.631. The average Bonchev–Trinajstić information content (AvgIpc) is 1.48. The van der Waals surface area contributed by atoms with E-state index in [0.717, 1.165) is 6.42 Å². The molecule has 0 fully saturated rings. The van der Waals surface area contributed by atoms with Crippen LogP contribution in [-0.2, 0) is 0 Å². The summed E-state index contributed by atoms with van der Waals surface area (Å²) in [4.78, 5) is 0. The molecule has 0 aromatic carbocycles. The smallest absolute Gasteiger partial charge is 0.0317 e. The summed E-state index contributed by atoms with van der Waals surface area (Å²) in [6.07, 6.45) is 3.17. The first kappa shape index (κ1) is 11.7. The molecule has 1 atom stereocenters. The minimum atomic E-state index is -0.156. The van der Waals surface area contributed by atoms with E-state index in [4.69, 9.17) is 5.73 Å². The van der Waals surface area contributed by atoms with Crippen molar-refractivity contribution in [1.29, 1.82) is 0 Å². The number of rotatable bonds is 2. The molecule has 0 amide bonds. The summed E-state index contributed by atoms with van der Waals surface area (Å²) in [5.41, 5.74) is 7.57. The molecule has 2 N–H and O–H groups in total. The van der Waals surface area contributed by atoms with Gasteiger partial charge in [0.1, 0.15) is 0 Å². The van der Waals surface area contributed by atoms with Crippen LogP contribution in [0.5, 0.6) is 0 Å². The fraction of sp³-hybridized carbons (Fsp3) is 0.818. The second-order valence-electron chi connectivity index (χ2n) is 5.46. The number of nitrogens with two attached hydrogens (primary N) is 1. The van der Waals surface area contributed by atoms with Crippen molar-refractivity contribution in [3.8, 4) is 0 Å². The van der Waals surface area contributed by atoms with E-state index in [9.17, 15) is 0 Å². The summed E-state index contributed by atoms with van der Waals surface area (Å²) in [7, 11) is 0. The minimum absolute atomic E-state index is 0.156. The zero-order valence-corrected chi connectivity index (χ0v) is 9.36. The van der Waals surface area contributed by atoms with Crippen molar-refractivity contribution in [1.82, 2.24) is 0 Å². The molecule has 0 aliphatic carbocycles. The fourth-order valence-electron chi connectivity index (χ4n) is 1.85. The second-order valence-corrected chi connectivity index (χ2v) is 5.46. The summed E-state index contributed by atoms with van der Waals surface area (Å²) in [5, 5.41) is 0. The summed E-state index contributed by atoms with van der Waals surface area (Å²) < 4.78 is 0. The Morgan fingerprint density at radius 3 is 1.83 bits per heavy atom. The van der Waals surface area contributed by atoms with Crippen molar-refractivity contribution in [2.24, 2.45) is 11.1 Å². The largest absolute Gasteiger partial charge is 0.322 e. The van der Waals surface area contributed by atoms with E-state index in [1.54, 1.807) is 0 Å². The van der Waals surface area contributed by atoms with Crippen molar-refractivity contribution in [3.63, 3.8) is 0 Å². The Balaban J connectivity index is 4.34. The van der Waals surface area contributed by atoms with Crippen LogP contribution in [0.15, 0.2) is 11.6 Å². The molecule has 0 saturated heterocycles.